The summed E-state index contributed by atoms with van der Waals surface area (Å²) in [7, 11) is 0. The van der Waals surface area contributed by atoms with Crippen LogP contribution < -0.4 is 10.9 Å². The number of carbonyl (C=O) groups excluding carboxylic acids is 2. The van der Waals surface area contributed by atoms with Crippen LogP contribution >= 0.6 is 0 Å². The van der Waals surface area contributed by atoms with E-state index in [1.807, 2.05) is 6.92 Å². The van der Waals surface area contributed by atoms with E-state index in [4.69, 9.17) is 0 Å². The molecule has 0 saturated carbocycles. The first-order valence-electron chi connectivity index (χ1n) is 4.88. The van der Waals surface area contributed by atoms with Crippen molar-refractivity contribution in [3.05, 3.63) is 28.0 Å². The third-order valence-electron chi connectivity index (χ3n) is 1.79. The Morgan fingerprint density at radius 3 is 2.65 bits per heavy atom. The second-order valence-electron chi connectivity index (χ2n) is 3.15. The van der Waals surface area contributed by atoms with Gasteiger partial charge in [-0.1, -0.05) is 6.92 Å². The monoisotopic (exact) mass is 241 g/mol. The number of amides is 2. The summed E-state index contributed by atoms with van der Waals surface area (Å²) in [5, 5.41) is 10.3. The largest absolute Gasteiger partial charge is 0.433 e. The lowest BCUT2D eigenvalue weighted by atomic mass is 10.3. The number of carbonyl (C=O) groups is 2. The summed E-state index contributed by atoms with van der Waals surface area (Å²) in [4.78, 5) is 31.9. The Kier molecular flexibility index (Phi) is 4.21. The molecule has 0 aliphatic heterocycles. The van der Waals surface area contributed by atoms with Gasteiger partial charge in [-0.2, -0.15) is 0 Å². The van der Waals surface area contributed by atoms with Gasteiger partial charge in [0.2, 0.25) is 11.7 Å². The van der Waals surface area contributed by atoms with Crippen molar-refractivity contribution < 1.29 is 18.9 Å². The van der Waals surface area contributed by atoms with E-state index in [0.29, 0.717) is 6.42 Å². The minimum Gasteiger partial charge on any atom is -0.395 e. The maximum Gasteiger partial charge on any atom is 0.433 e. The van der Waals surface area contributed by atoms with Gasteiger partial charge in [0, 0.05) is 6.42 Å². The summed E-state index contributed by atoms with van der Waals surface area (Å²) < 4.78 is 4.64. The highest BCUT2D eigenvalue weighted by atomic mass is 16.6. The molecule has 0 saturated heterocycles. The third-order valence-corrected chi connectivity index (χ3v) is 1.79. The number of hydrogen-bond donors (Lipinski definition) is 2. The molecule has 8 heteroatoms. The molecule has 0 unspecified atom stereocenters. The van der Waals surface area contributed by atoms with Crippen molar-refractivity contribution in [1.29, 1.82) is 0 Å². The smallest absolute Gasteiger partial charge is 0.395 e. The molecule has 92 valence electrons. The molecule has 1 aromatic heterocycles. The first-order valence-corrected chi connectivity index (χ1v) is 4.88. The van der Waals surface area contributed by atoms with Crippen LogP contribution in [0.5, 0.6) is 0 Å². The van der Waals surface area contributed by atoms with Gasteiger partial charge in [0.1, 0.15) is 4.92 Å². The van der Waals surface area contributed by atoms with Gasteiger partial charge in [-0.3, -0.25) is 30.6 Å². The first kappa shape index (κ1) is 12.7. The summed E-state index contributed by atoms with van der Waals surface area (Å²) in [5.74, 6) is -1.87. The predicted molar refractivity (Wildman–Crippen MR) is 55.9 cm³/mol. The fourth-order valence-electron chi connectivity index (χ4n) is 1.03. The lowest BCUT2D eigenvalue weighted by molar-refractivity contribution is -0.402. The lowest BCUT2D eigenvalue weighted by Gasteiger charge is -2.03. The van der Waals surface area contributed by atoms with Crippen LogP contribution in [0.25, 0.3) is 0 Å². The number of furan rings is 1. The Balaban J connectivity index is 2.52. The molecule has 17 heavy (non-hydrogen) atoms. The predicted octanol–water partition coefficient (Wildman–Crippen LogP) is 0.749. The van der Waals surface area contributed by atoms with Crippen LogP contribution in [0.15, 0.2) is 16.5 Å². The van der Waals surface area contributed by atoms with Gasteiger partial charge >= 0.3 is 11.8 Å². The topological polar surface area (TPSA) is 114 Å². The maximum absolute atomic E-state index is 11.3. The van der Waals surface area contributed by atoms with Crippen LogP contribution in [0.1, 0.15) is 30.3 Å². The average Bonchev–Trinajstić information content (AvgIpc) is 2.75. The Hall–Kier alpha value is -2.38. The van der Waals surface area contributed by atoms with Gasteiger partial charge in [0.15, 0.2) is 0 Å². The standard InChI is InChI=1S/C9H11N3O5/c1-2-3-7(13)10-11-9(14)6-4-5-8(17-6)12(15)16/h4-5H,2-3H2,1H3,(H,10,13)(H,11,14). The Bertz CT molecular complexity index is 440. The van der Waals surface area contributed by atoms with Crippen molar-refractivity contribution >= 4 is 17.7 Å². The van der Waals surface area contributed by atoms with Crippen LogP contribution in [-0.2, 0) is 4.79 Å². The van der Waals surface area contributed by atoms with Crippen molar-refractivity contribution in [2.24, 2.45) is 0 Å². The summed E-state index contributed by atoms with van der Waals surface area (Å²) in [6, 6.07) is 2.21. The zero-order chi connectivity index (χ0) is 12.8. The Labute approximate surface area is 96.1 Å². The maximum atomic E-state index is 11.3. The van der Waals surface area contributed by atoms with E-state index in [0.717, 1.165) is 12.1 Å². The minimum atomic E-state index is -0.757. The Morgan fingerprint density at radius 2 is 2.12 bits per heavy atom. The number of rotatable bonds is 4. The fraction of sp³-hybridized carbons (Fsp3) is 0.333. The van der Waals surface area contributed by atoms with E-state index in [2.05, 4.69) is 15.3 Å². The average molecular weight is 241 g/mol. The van der Waals surface area contributed by atoms with E-state index < -0.39 is 16.7 Å². The third kappa shape index (κ3) is 3.59. The number of hydrogen-bond acceptors (Lipinski definition) is 5. The lowest BCUT2D eigenvalue weighted by Crippen LogP contribution is -2.41. The van der Waals surface area contributed by atoms with Crippen molar-refractivity contribution in [3.63, 3.8) is 0 Å². The van der Waals surface area contributed by atoms with Gasteiger partial charge in [0.05, 0.1) is 6.07 Å². The van der Waals surface area contributed by atoms with Gasteiger partial charge in [-0.05, 0) is 12.5 Å². The SMILES string of the molecule is CCCC(=O)NNC(=O)c1ccc([N+](=O)[O-])o1. The Morgan fingerprint density at radius 1 is 1.41 bits per heavy atom. The molecule has 2 amide bonds. The van der Waals surface area contributed by atoms with Gasteiger partial charge < -0.3 is 4.42 Å². The van der Waals surface area contributed by atoms with E-state index in [1.54, 1.807) is 0 Å². The molecule has 0 fully saturated rings. The van der Waals surface area contributed by atoms with Crippen LogP contribution in [-0.4, -0.2) is 16.7 Å². The second-order valence-corrected chi connectivity index (χ2v) is 3.15. The van der Waals surface area contributed by atoms with Crippen molar-refractivity contribution in [2.45, 2.75) is 19.8 Å². The molecule has 0 aromatic carbocycles. The molecular formula is C9H11N3O5. The highest BCUT2D eigenvalue weighted by molar-refractivity contribution is 5.93. The molecular weight excluding hydrogens is 230 g/mol. The molecule has 0 spiro atoms. The van der Waals surface area contributed by atoms with E-state index >= 15 is 0 Å². The van der Waals surface area contributed by atoms with Crippen LogP contribution in [0.2, 0.25) is 0 Å². The first-order chi connectivity index (χ1) is 8.04. The molecule has 1 heterocycles. The molecule has 0 atom stereocenters. The minimum absolute atomic E-state index is 0.242. The van der Waals surface area contributed by atoms with Crippen LogP contribution in [0, 0.1) is 10.1 Å². The number of nitrogens with zero attached hydrogens (tertiary/aromatic N) is 1. The highest BCUT2D eigenvalue weighted by Gasteiger charge is 2.17. The molecule has 1 rings (SSSR count). The fourth-order valence-corrected chi connectivity index (χ4v) is 1.03. The van der Waals surface area contributed by atoms with E-state index in [1.165, 1.54) is 0 Å². The highest BCUT2D eigenvalue weighted by Crippen LogP contribution is 2.14. The summed E-state index contributed by atoms with van der Waals surface area (Å²) in [5.41, 5.74) is 4.23. The van der Waals surface area contributed by atoms with Crippen molar-refractivity contribution in [1.82, 2.24) is 10.9 Å². The molecule has 8 nitrogen and oxygen atoms in total. The number of nitrogens with one attached hydrogen (secondary N) is 2. The summed E-state index contributed by atoms with van der Waals surface area (Å²) in [6.07, 6.45) is 0.923. The number of hydrazine groups is 1. The zero-order valence-corrected chi connectivity index (χ0v) is 9.06. The molecule has 0 aliphatic rings. The molecule has 1 aromatic rings. The molecule has 2 N–H and O–H groups in total. The molecule has 0 radical (unpaired) electrons. The van der Waals surface area contributed by atoms with Gasteiger partial charge in [-0.25, -0.2) is 0 Å². The normalized spacial score (nSPS) is 9.71. The summed E-state index contributed by atoms with van der Waals surface area (Å²) >= 11 is 0. The zero-order valence-electron chi connectivity index (χ0n) is 9.06. The number of nitro groups is 1. The van der Waals surface area contributed by atoms with Crippen molar-refractivity contribution in [2.75, 3.05) is 0 Å². The quantitative estimate of drug-likeness (QED) is 0.596. The van der Waals surface area contributed by atoms with Gasteiger partial charge in [-0.15, -0.1) is 0 Å². The van der Waals surface area contributed by atoms with E-state index in [9.17, 15) is 19.7 Å². The molecule has 0 bridgehead atoms. The second kappa shape index (κ2) is 5.64. The van der Waals surface area contributed by atoms with Gasteiger partial charge in [0.25, 0.3) is 0 Å². The van der Waals surface area contributed by atoms with Crippen molar-refractivity contribution in [3.8, 4) is 0 Å². The summed E-state index contributed by atoms with van der Waals surface area (Å²) in [6.45, 7) is 1.82. The molecule has 0 aliphatic carbocycles. The van der Waals surface area contributed by atoms with E-state index in [-0.39, 0.29) is 18.1 Å². The van der Waals surface area contributed by atoms with Crippen LogP contribution in [0.3, 0.4) is 0 Å². The van der Waals surface area contributed by atoms with Crippen LogP contribution in [0.4, 0.5) is 5.88 Å².